The van der Waals surface area contributed by atoms with E-state index in [0.29, 0.717) is 12.2 Å². The molecule has 0 spiro atoms. The Labute approximate surface area is 101 Å². The normalized spacial score (nSPS) is 11.4. The van der Waals surface area contributed by atoms with Gasteiger partial charge in [-0.15, -0.1) is 0 Å². The molecule has 1 rings (SSSR count). The molecule has 0 radical (unpaired) electrons. The van der Waals surface area contributed by atoms with Crippen molar-refractivity contribution in [3.8, 4) is 0 Å². The van der Waals surface area contributed by atoms with E-state index in [4.69, 9.17) is 4.74 Å². The van der Waals surface area contributed by atoms with Gasteiger partial charge in [-0.25, -0.2) is 4.39 Å². The highest BCUT2D eigenvalue weighted by Crippen LogP contribution is 2.20. The summed E-state index contributed by atoms with van der Waals surface area (Å²) in [5.41, 5.74) is -0.214. The number of carbonyl (C=O) groups excluding carboxylic acids is 1. The lowest BCUT2D eigenvalue weighted by Gasteiger charge is -2.30. The summed E-state index contributed by atoms with van der Waals surface area (Å²) < 4.78 is 18.0. The SMILES string of the molecule is CCN(C(=O)C(C)(C)OC)c1ccc(F)cc1. The van der Waals surface area contributed by atoms with Crippen molar-refractivity contribution >= 4 is 11.6 Å². The predicted molar refractivity (Wildman–Crippen MR) is 65.5 cm³/mol. The molecule has 0 fully saturated rings. The molecule has 0 N–H and O–H groups in total. The van der Waals surface area contributed by atoms with E-state index in [1.54, 1.807) is 30.9 Å². The van der Waals surface area contributed by atoms with Gasteiger partial charge in [0.2, 0.25) is 0 Å². The minimum absolute atomic E-state index is 0.144. The standard InChI is InChI=1S/C13H18FNO2/c1-5-15(12(16)13(2,3)17-4)11-8-6-10(14)7-9-11/h6-9H,5H2,1-4H3. The van der Waals surface area contributed by atoms with E-state index in [1.165, 1.54) is 19.2 Å². The molecule has 0 aliphatic carbocycles. The Kier molecular flexibility index (Phi) is 4.23. The quantitative estimate of drug-likeness (QED) is 0.808. The van der Waals surface area contributed by atoms with Crippen LogP contribution in [0, 0.1) is 5.82 Å². The third-order valence-electron chi connectivity index (χ3n) is 2.73. The maximum Gasteiger partial charge on any atom is 0.258 e. The van der Waals surface area contributed by atoms with E-state index < -0.39 is 5.60 Å². The van der Waals surface area contributed by atoms with Crippen LogP contribution in [-0.4, -0.2) is 25.2 Å². The Morgan fingerprint density at radius 3 is 2.29 bits per heavy atom. The zero-order chi connectivity index (χ0) is 13.1. The minimum atomic E-state index is -0.885. The van der Waals surface area contributed by atoms with Crippen LogP contribution in [0.4, 0.5) is 10.1 Å². The minimum Gasteiger partial charge on any atom is -0.369 e. The number of nitrogens with zero attached hydrogens (tertiary/aromatic N) is 1. The van der Waals surface area contributed by atoms with Crippen LogP contribution in [0.25, 0.3) is 0 Å². The fourth-order valence-electron chi connectivity index (χ4n) is 1.48. The van der Waals surface area contributed by atoms with E-state index in [2.05, 4.69) is 0 Å². The molecule has 0 saturated carbocycles. The summed E-state index contributed by atoms with van der Waals surface area (Å²) in [5, 5.41) is 0. The molecular weight excluding hydrogens is 221 g/mol. The highest BCUT2D eigenvalue weighted by molar-refractivity contribution is 5.98. The van der Waals surface area contributed by atoms with Gasteiger partial charge in [-0.3, -0.25) is 4.79 Å². The van der Waals surface area contributed by atoms with Crippen LogP contribution in [0.5, 0.6) is 0 Å². The lowest BCUT2D eigenvalue weighted by atomic mass is 10.1. The molecule has 94 valence electrons. The van der Waals surface area contributed by atoms with Crippen molar-refractivity contribution in [2.75, 3.05) is 18.6 Å². The van der Waals surface area contributed by atoms with E-state index in [9.17, 15) is 9.18 Å². The molecule has 0 heterocycles. The highest BCUT2D eigenvalue weighted by Gasteiger charge is 2.31. The molecule has 1 aromatic rings. The van der Waals surface area contributed by atoms with Crippen molar-refractivity contribution in [2.45, 2.75) is 26.4 Å². The summed E-state index contributed by atoms with van der Waals surface area (Å²) in [7, 11) is 1.50. The van der Waals surface area contributed by atoms with E-state index in [0.717, 1.165) is 0 Å². The summed E-state index contributed by atoms with van der Waals surface area (Å²) >= 11 is 0. The number of carbonyl (C=O) groups is 1. The Balaban J connectivity index is 3.00. The summed E-state index contributed by atoms with van der Waals surface area (Å²) in [4.78, 5) is 13.8. The molecule has 1 aromatic carbocycles. The second kappa shape index (κ2) is 5.27. The number of benzene rings is 1. The van der Waals surface area contributed by atoms with Gasteiger partial charge in [0, 0.05) is 19.3 Å². The van der Waals surface area contributed by atoms with E-state index >= 15 is 0 Å². The average Bonchev–Trinajstić information content (AvgIpc) is 2.32. The van der Waals surface area contributed by atoms with Gasteiger partial charge >= 0.3 is 0 Å². The lowest BCUT2D eigenvalue weighted by molar-refractivity contribution is -0.136. The first-order valence-corrected chi connectivity index (χ1v) is 5.55. The van der Waals surface area contributed by atoms with Gasteiger partial charge in [0.1, 0.15) is 11.4 Å². The van der Waals surface area contributed by atoms with Crippen molar-refractivity contribution in [2.24, 2.45) is 0 Å². The fraction of sp³-hybridized carbons (Fsp3) is 0.462. The first-order chi connectivity index (χ1) is 7.92. The number of ether oxygens (including phenoxy) is 1. The van der Waals surface area contributed by atoms with Gasteiger partial charge in [0.05, 0.1) is 0 Å². The third kappa shape index (κ3) is 3.03. The molecule has 0 bridgehead atoms. The number of hydrogen-bond acceptors (Lipinski definition) is 2. The molecule has 0 atom stereocenters. The first-order valence-electron chi connectivity index (χ1n) is 5.55. The molecule has 0 unspecified atom stereocenters. The highest BCUT2D eigenvalue weighted by atomic mass is 19.1. The molecule has 1 amide bonds. The number of hydrogen-bond donors (Lipinski definition) is 0. The molecule has 17 heavy (non-hydrogen) atoms. The molecule has 0 saturated heterocycles. The average molecular weight is 239 g/mol. The van der Waals surface area contributed by atoms with Crippen LogP contribution in [0.15, 0.2) is 24.3 Å². The van der Waals surface area contributed by atoms with Crippen LogP contribution >= 0.6 is 0 Å². The van der Waals surface area contributed by atoms with Crippen LogP contribution in [0.3, 0.4) is 0 Å². The Bertz CT molecular complexity index is 387. The van der Waals surface area contributed by atoms with Crippen LogP contribution < -0.4 is 4.90 Å². The summed E-state index contributed by atoms with van der Waals surface area (Å²) in [6, 6.07) is 5.85. The summed E-state index contributed by atoms with van der Waals surface area (Å²) in [6.07, 6.45) is 0. The van der Waals surface area contributed by atoms with Gasteiger partial charge in [0.15, 0.2) is 0 Å². The van der Waals surface area contributed by atoms with Crippen LogP contribution in [0.2, 0.25) is 0 Å². The fourth-order valence-corrected chi connectivity index (χ4v) is 1.48. The maximum atomic E-state index is 12.8. The number of rotatable bonds is 4. The predicted octanol–water partition coefficient (Wildman–Crippen LogP) is 2.60. The molecule has 4 heteroatoms. The van der Waals surface area contributed by atoms with Crippen LogP contribution in [0.1, 0.15) is 20.8 Å². The largest absolute Gasteiger partial charge is 0.369 e. The smallest absolute Gasteiger partial charge is 0.258 e. The summed E-state index contributed by atoms with van der Waals surface area (Å²) in [6.45, 7) is 5.80. The van der Waals surface area contributed by atoms with Crippen molar-refractivity contribution in [3.05, 3.63) is 30.1 Å². The zero-order valence-corrected chi connectivity index (χ0v) is 10.7. The third-order valence-corrected chi connectivity index (χ3v) is 2.73. The molecule has 0 aliphatic rings. The molecule has 0 aromatic heterocycles. The van der Waals surface area contributed by atoms with Gasteiger partial charge in [-0.2, -0.15) is 0 Å². The molecule has 0 aliphatic heterocycles. The van der Waals surface area contributed by atoms with Crippen LogP contribution in [-0.2, 0) is 9.53 Å². The number of anilines is 1. The van der Waals surface area contributed by atoms with Gasteiger partial charge in [-0.05, 0) is 45.0 Å². The van der Waals surface area contributed by atoms with Gasteiger partial charge in [0.25, 0.3) is 5.91 Å². The topological polar surface area (TPSA) is 29.5 Å². The van der Waals surface area contributed by atoms with Crippen molar-refractivity contribution in [3.63, 3.8) is 0 Å². The van der Waals surface area contributed by atoms with Gasteiger partial charge < -0.3 is 9.64 Å². The number of amides is 1. The van der Waals surface area contributed by atoms with E-state index in [-0.39, 0.29) is 11.7 Å². The molecule has 3 nitrogen and oxygen atoms in total. The second-order valence-corrected chi connectivity index (χ2v) is 4.24. The van der Waals surface area contributed by atoms with Gasteiger partial charge in [-0.1, -0.05) is 0 Å². The number of halogens is 1. The molecular formula is C13H18FNO2. The maximum absolute atomic E-state index is 12.8. The summed E-state index contributed by atoms with van der Waals surface area (Å²) in [5.74, 6) is -0.461. The van der Waals surface area contributed by atoms with Crippen molar-refractivity contribution < 1.29 is 13.9 Å². The second-order valence-electron chi connectivity index (χ2n) is 4.24. The lowest BCUT2D eigenvalue weighted by Crippen LogP contribution is -2.46. The Morgan fingerprint density at radius 2 is 1.88 bits per heavy atom. The Morgan fingerprint density at radius 1 is 1.35 bits per heavy atom. The Hall–Kier alpha value is -1.42. The van der Waals surface area contributed by atoms with Crippen molar-refractivity contribution in [1.82, 2.24) is 0 Å². The first kappa shape index (κ1) is 13.6. The number of likely N-dealkylation sites (N-methyl/N-ethyl adjacent to an activating group) is 1. The number of methoxy groups -OCH3 is 1. The monoisotopic (exact) mass is 239 g/mol. The van der Waals surface area contributed by atoms with Crippen molar-refractivity contribution in [1.29, 1.82) is 0 Å². The zero-order valence-electron chi connectivity index (χ0n) is 10.7. The van der Waals surface area contributed by atoms with E-state index in [1.807, 2.05) is 6.92 Å².